The number of carbonyl (C=O) groups is 1. The average Bonchev–Trinajstić information content (AvgIpc) is 2.75. The van der Waals surface area contributed by atoms with Crippen LogP contribution in [-0.2, 0) is 9.53 Å². The number of hydrogen-bond acceptors (Lipinski definition) is 11. The molecule has 174 valence electrons. The number of rotatable bonds is 4. The molecule has 1 aliphatic heterocycles. The number of aliphatic hydroxyl groups is 3. The Labute approximate surface area is 183 Å². The number of ether oxygens (including phenoxy) is 2. The first kappa shape index (κ1) is 22.4. The van der Waals surface area contributed by atoms with E-state index < -0.39 is 53.6 Å². The van der Waals surface area contributed by atoms with Gasteiger partial charge in [-0.3, -0.25) is 4.79 Å². The lowest BCUT2D eigenvalue weighted by Crippen LogP contribution is -2.61. The van der Waals surface area contributed by atoms with Crippen LogP contribution in [0.2, 0.25) is 0 Å². The summed E-state index contributed by atoms with van der Waals surface area (Å²) in [6.45, 7) is 0. The zero-order valence-electron chi connectivity index (χ0n) is 16.5. The number of phenolic OH excluding ortho intramolecular Hbond substituents is 3. The summed E-state index contributed by atoms with van der Waals surface area (Å²) >= 11 is 0. The molecule has 5 atom stereocenters. The third-order valence-corrected chi connectivity index (χ3v) is 5.10. The first-order chi connectivity index (χ1) is 15.6. The van der Waals surface area contributed by atoms with Gasteiger partial charge in [0.1, 0.15) is 46.5 Å². The fraction of sp³-hybridized carbons (Fsp3) is 0.238. The maximum atomic E-state index is 12.8. The minimum Gasteiger partial charge on any atom is -0.508 e. The van der Waals surface area contributed by atoms with Gasteiger partial charge in [0.15, 0.2) is 23.0 Å². The van der Waals surface area contributed by atoms with Crippen molar-refractivity contribution in [3.05, 3.63) is 46.6 Å². The van der Waals surface area contributed by atoms with Gasteiger partial charge in [-0.05, 0) is 18.2 Å². The van der Waals surface area contributed by atoms with Crippen LogP contribution >= 0.6 is 0 Å². The largest absolute Gasteiger partial charge is 0.508 e. The van der Waals surface area contributed by atoms with Crippen LogP contribution in [0.3, 0.4) is 0 Å². The zero-order chi connectivity index (χ0) is 24.0. The molecule has 0 amide bonds. The van der Waals surface area contributed by atoms with E-state index in [2.05, 4.69) is 0 Å². The van der Waals surface area contributed by atoms with E-state index >= 15 is 0 Å². The number of benzene rings is 2. The third kappa shape index (κ3) is 4.03. The van der Waals surface area contributed by atoms with E-state index in [0.29, 0.717) is 0 Å². The maximum absolute atomic E-state index is 12.8. The van der Waals surface area contributed by atoms with Crippen LogP contribution in [-0.4, -0.2) is 72.4 Å². The Bertz CT molecular complexity index is 1280. The molecule has 2 aromatic carbocycles. The Hall–Kier alpha value is -3.84. The van der Waals surface area contributed by atoms with E-state index in [4.69, 9.17) is 19.0 Å². The quantitative estimate of drug-likeness (QED) is 0.253. The number of fused-ring (bicyclic) bond motifs is 1. The Morgan fingerprint density at radius 1 is 0.909 bits per heavy atom. The first-order valence-corrected chi connectivity index (χ1v) is 9.49. The van der Waals surface area contributed by atoms with E-state index in [9.17, 15) is 40.2 Å². The van der Waals surface area contributed by atoms with E-state index in [-0.39, 0.29) is 33.8 Å². The van der Waals surface area contributed by atoms with E-state index in [1.54, 1.807) is 0 Å². The molecule has 4 rings (SSSR count). The van der Waals surface area contributed by atoms with Crippen LogP contribution < -0.4 is 10.2 Å². The van der Waals surface area contributed by atoms with Gasteiger partial charge >= 0.3 is 5.97 Å². The van der Waals surface area contributed by atoms with Gasteiger partial charge in [0, 0.05) is 23.8 Å². The highest BCUT2D eigenvalue weighted by atomic mass is 16.7. The van der Waals surface area contributed by atoms with Gasteiger partial charge in [-0.2, -0.15) is 0 Å². The van der Waals surface area contributed by atoms with Crippen molar-refractivity contribution in [2.75, 3.05) is 0 Å². The number of hydrogen-bond donors (Lipinski definition) is 7. The summed E-state index contributed by atoms with van der Waals surface area (Å²) in [7, 11) is 0. The van der Waals surface area contributed by atoms with Crippen LogP contribution in [0.1, 0.15) is 0 Å². The van der Waals surface area contributed by atoms with Crippen LogP contribution in [0.15, 0.2) is 45.6 Å². The van der Waals surface area contributed by atoms with Crippen molar-refractivity contribution in [3.8, 4) is 34.3 Å². The summed E-state index contributed by atoms with van der Waals surface area (Å²) in [5, 5.41) is 68.1. The highest BCUT2D eigenvalue weighted by Crippen LogP contribution is 2.35. The monoisotopic (exact) mass is 462 g/mol. The lowest BCUT2D eigenvalue weighted by molar-refractivity contribution is -0.270. The van der Waals surface area contributed by atoms with Gasteiger partial charge in [-0.15, -0.1) is 0 Å². The Kier molecular flexibility index (Phi) is 5.59. The smallest absolute Gasteiger partial charge is 0.335 e. The molecule has 2 heterocycles. The molecule has 1 aromatic heterocycles. The fourth-order valence-corrected chi connectivity index (χ4v) is 3.42. The number of aliphatic hydroxyl groups excluding tert-OH is 3. The fourth-order valence-electron chi connectivity index (χ4n) is 3.42. The van der Waals surface area contributed by atoms with E-state index in [1.807, 2.05) is 0 Å². The molecule has 1 fully saturated rings. The molecule has 12 nitrogen and oxygen atoms in total. The predicted molar refractivity (Wildman–Crippen MR) is 108 cm³/mol. The second-order valence-electron chi connectivity index (χ2n) is 7.35. The standard InChI is InChI=1S/C21H18O12/c22-8-4-13-15(11(25)6-12(31-13)7-1-2-9(23)10(24)3-7)14(5-8)32-21-18(28)16(26)17(27)19(33-21)20(29)30/h1-6,16-19,21-24,26-28H,(H,29,30)/t16-,17-,18?,19?,21+/m0/s1. The van der Waals surface area contributed by atoms with Gasteiger partial charge in [0.2, 0.25) is 6.29 Å². The maximum Gasteiger partial charge on any atom is 0.335 e. The Morgan fingerprint density at radius 3 is 2.30 bits per heavy atom. The molecular formula is C21H18O12. The normalized spacial score (nSPS) is 25.1. The van der Waals surface area contributed by atoms with Gasteiger partial charge in [-0.1, -0.05) is 0 Å². The van der Waals surface area contributed by atoms with Crippen molar-refractivity contribution in [2.45, 2.75) is 30.7 Å². The highest BCUT2D eigenvalue weighted by Gasteiger charge is 2.48. The van der Waals surface area contributed by atoms with Crippen molar-refractivity contribution < 1.29 is 54.4 Å². The van der Waals surface area contributed by atoms with Crippen molar-refractivity contribution in [2.24, 2.45) is 0 Å². The Balaban J connectivity index is 1.76. The van der Waals surface area contributed by atoms with E-state index in [1.165, 1.54) is 12.1 Å². The number of aliphatic carboxylic acids is 1. The minimum atomic E-state index is -1.94. The molecule has 33 heavy (non-hydrogen) atoms. The van der Waals surface area contributed by atoms with Crippen molar-refractivity contribution >= 4 is 16.9 Å². The van der Waals surface area contributed by atoms with Crippen LogP contribution in [0.5, 0.6) is 23.0 Å². The minimum absolute atomic E-state index is 0.0159. The summed E-state index contributed by atoms with van der Waals surface area (Å²) < 4.78 is 16.1. The molecule has 1 saturated heterocycles. The molecule has 3 aromatic rings. The van der Waals surface area contributed by atoms with Crippen molar-refractivity contribution in [1.82, 2.24) is 0 Å². The van der Waals surface area contributed by atoms with Gasteiger partial charge in [0.05, 0.1) is 0 Å². The molecule has 0 radical (unpaired) electrons. The van der Waals surface area contributed by atoms with E-state index in [0.717, 1.165) is 24.3 Å². The summed E-state index contributed by atoms with van der Waals surface area (Å²) in [6.07, 6.45) is -9.50. The molecule has 7 N–H and O–H groups in total. The highest BCUT2D eigenvalue weighted by molar-refractivity contribution is 5.86. The lowest BCUT2D eigenvalue weighted by atomic mass is 9.99. The molecule has 0 bridgehead atoms. The van der Waals surface area contributed by atoms with Crippen molar-refractivity contribution in [3.63, 3.8) is 0 Å². The molecule has 2 unspecified atom stereocenters. The van der Waals surface area contributed by atoms with Gasteiger partial charge < -0.3 is 49.6 Å². The molecule has 0 saturated carbocycles. The SMILES string of the molecule is O=C(O)C1O[C@@H](Oc2cc(O)cc3oc(-c4ccc(O)c(O)c4)cc(=O)c23)C(O)[C@@H](O)[C@@H]1O. The number of carboxylic acid groups (broad SMARTS) is 1. The van der Waals surface area contributed by atoms with Crippen LogP contribution in [0.4, 0.5) is 0 Å². The first-order valence-electron chi connectivity index (χ1n) is 9.49. The summed E-state index contributed by atoms with van der Waals surface area (Å²) in [4.78, 5) is 24.1. The van der Waals surface area contributed by atoms with Gasteiger partial charge in [-0.25, -0.2) is 4.79 Å². The predicted octanol–water partition coefficient (Wildman–Crippen LogP) is -0.152. The topological polar surface area (TPSA) is 207 Å². The second-order valence-corrected chi connectivity index (χ2v) is 7.35. The molecular weight excluding hydrogens is 444 g/mol. The average molecular weight is 462 g/mol. The summed E-state index contributed by atoms with van der Waals surface area (Å²) in [6, 6.07) is 6.87. The third-order valence-electron chi connectivity index (χ3n) is 5.10. The summed E-state index contributed by atoms with van der Waals surface area (Å²) in [5.41, 5.74) is -0.599. The van der Waals surface area contributed by atoms with Crippen LogP contribution in [0.25, 0.3) is 22.3 Å². The second kappa shape index (κ2) is 8.26. The molecule has 12 heteroatoms. The van der Waals surface area contributed by atoms with Crippen LogP contribution in [0, 0.1) is 0 Å². The van der Waals surface area contributed by atoms with Crippen molar-refractivity contribution in [1.29, 1.82) is 0 Å². The molecule has 0 aliphatic carbocycles. The lowest BCUT2D eigenvalue weighted by Gasteiger charge is -2.38. The zero-order valence-corrected chi connectivity index (χ0v) is 16.5. The summed E-state index contributed by atoms with van der Waals surface area (Å²) in [5.74, 6) is -3.25. The number of aromatic hydroxyl groups is 3. The Morgan fingerprint density at radius 2 is 1.64 bits per heavy atom. The number of carboxylic acids is 1. The number of phenols is 3. The molecule has 1 aliphatic rings. The van der Waals surface area contributed by atoms with Gasteiger partial charge in [0.25, 0.3) is 0 Å². The molecule has 0 spiro atoms.